The first-order chi connectivity index (χ1) is 7.79. The van der Waals surface area contributed by atoms with Crippen molar-refractivity contribution in [2.45, 2.75) is 25.8 Å². The zero-order valence-corrected chi connectivity index (χ0v) is 11.3. The van der Waals surface area contributed by atoms with E-state index in [0.29, 0.717) is 6.04 Å². The van der Waals surface area contributed by atoms with Gasteiger partial charge in [0.2, 0.25) is 0 Å². The lowest BCUT2D eigenvalue weighted by Gasteiger charge is -2.35. The first kappa shape index (κ1) is 11.9. The Kier molecular flexibility index (Phi) is 4.24. The fourth-order valence-corrected chi connectivity index (χ4v) is 2.66. The molecule has 2 rings (SSSR count). The molecule has 1 atom stereocenters. The summed E-state index contributed by atoms with van der Waals surface area (Å²) in [7, 11) is 0. The van der Waals surface area contributed by atoms with E-state index in [-0.39, 0.29) is 0 Å². The molecule has 1 aromatic carbocycles. The lowest BCUT2D eigenvalue weighted by atomic mass is 10.1. The Morgan fingerprint density at radius 1 is 1.50 bits per heavy atom. The van der Waals surface area contributed by atoms with Crippen molar-refractivity contribution in [3.8, 4) is 0 Å². The molecule has 1 fully saturated rings. The van der Waals surface area contributed by atoms with Crippen molar-refractivity contribution in [1.82, 2.24) is 5.32 Å². The fourth-order valence-electron chi connectivity index (χ4n) is 2.27. The topological polar surface area (TPSA) is 15.3 Å². The normalized spacial score (nSPS) is 21.1. The summed E-state index contributed by atoms with van der Waals surface area (Å²) >= 11 is 3.53. The zero-order valence-electron chi connectivity index (χ0n) is 9.75. The van der Waals surface area contributed by atoms with Gasteiger partial charge in [-0.2, -0.15) is 0 Å². The van der Waals surface area contributed by atoms with Crippen molar-refractivity contribution in [1.29, 1.82) is 0 Å². The van der Waals surface area contributed by atoms with Gasteiger partial charge in [0.25, 0.3) is 0 Å². The second-order valence-corrected chi connectivity index (χ2v) is 5.28. The second-order valence-electron chi connectivity index (χ2n) is 4.37. The molecule has 88 valence electrons. The van der Waals surface area contributed by atoms with Gasteiger partial charge in [0.15, 0.2) is 0 Å². The highest BCUT2D eigenvalue weighted by atomic mass is 79.9. The average molecular weight is 283 g/mol. The fraction of sp³-hybridized carbons (Fsp3) is 0.538. The van der Waals surface area contributed by atoms with E-state index in [1.807, 2.05) is 0 Å². The van der Waals surface area contributed by atoms with Gasteiger partial charge in [-0.15, -0.1) is 0 Å². The molecule has 1 N–H and O–H groups in total. The van der Waals surface area contributed by atoms with Gasteiger partial charge in [-0.25, -0.2) is 0 Å². The summed E-state index contributed by atoms with van der Waals surface area (Å²) in [6, 6.07) is 9.23. The zero-order chi connectivity index (χ0) is 11.4. The van der Waals surface area contributed by atoms with Gasteiger partial charge < -0.3 is 10.2 Å². The first-order valence-corrected chi connectivity index (χ1v) is 6.83. The summed E-state index contributed by atoms with van der Waals surface area (Å²) in [5.74, 6) is 0. The van der Waals surface area contributed by atoms with Crippen molar-refractivity contribution in [3.63, 3.8) is 0 Å². The van der Waals surface area contributed by atoms with Crippen LogP contribution < -0.4 is 10.2 Å². The molecule has 16 heavy (non-hydrogen) atoms. The number of piperazine rings is 1. The number of nitrogens with one attached hydrogen (secondary N) is 1. The number of anilines is 1. The van der Waals surface area contributed by atoms with Crippen LogP contribution >= 0.6 is 15.9 Å². The number of benzene rings is 1. The maximum atomic E-state index is 3.58. The van der Waals surface area contributed by atoms with Crippen LogP contribution in [0.3, 0.4) is 0 Å². The van der Waals surface area contributed by atoms with E-state index >= 15 is 0 Å². The van der Waals surface area contributed by atoms with Crippen LogP contribution in [0.15, 0.2) is 28.7 Å². The molecule has 0 spiro atoms. The van der Waals surface area contributed by atoms with Crippen LogP contribution in [0.5, 0.6) is 0 Å². The van der Waals surface area contributed by atoms with Crippen LogP contribution in [-0.4, -0.2) is 25.7 Å². The molecule has 1 aliphatic heterocycles. The Bertz CT molecular complexity index is 338. The summed E-state index contributed by atoms with van der Waals surface area (Å²) in [6.07, 6.45) is 2.52. The van der Waals surface area contributed by atoms with Crippen molar-refractivity contribution in [2.24, 2.45) is 0 Å². The van der Waals surface area contributed by atoms with Gasteiger partial charge in [0.1, 0.15) is 0 Å². The molecule has 1 saturated heterocycles. The second kappa shape index (κ2) is 5.69. The molecule has 0 amide bonds. The van der Waals surface area contributed by atoms with Crippen LogP contribution in [0.1, 0.15) is 19.8 Å². The molecule has 0 aromatic heterocycles. The van der Waals surface area contributed by atoms with Crippen LogP contribution in [0.4, 0.5) is 5.69 Å². The predicted octanol–water partition coefficient (Wildman–Crippen LogP) is 3.03. The van der Waals surface area contributed by atoms with Gasteiger partial charge in [0.05, 0.1) is 0 Å². The first-order valence-electron chi connectivity index (χ1n) is 6.03. The maximum Gasteiger partial charge on any atom is 0.0378 e. The van der Waals surface area contributed by atoms with Crippen LogP contribution in [0.25, 0.3) is 0 Å². The molecule has 0 bridgehead atoms. The van der Waals surface area contributed by atoms with Gasteiger partial charge in [-0.1, -0.05) is 35.3 Å². The highest BCUT2D eigenvalue weighted by molar-refractivity contribution is 9.10. The van der Waals surface area contributed by atoms with Gasteiger partial charge in [-0.3, -0.25) is 0 Å². The smallest absolute Gasteiger partial charge is 0.0378 e. The van der Waals surface area contributed by atoms with E-state index < -0.39 is 0 Å². The Morgan fingerprint density at radius 3 is 3.12 bits per heavy atom. The summed E-state index contributed by atoms with van der Waals surface area (Å²) in [4.78, 5) is 2.47. The van der Waals surface area contributed by atoms with Crippen LogP contribution in [0, 0.1) is 0 Å². The molecule has 0 saturated carbocycles. The largest absolute Gasteiger partial charge is 0.369 e. The summed E-state index contributed by atoms with van der Waals surface area (Å²) in [5.41, 5.74) is 1.33. The van der Waals surface area contributed by atoms with Crippen LogP contribution in [-0.2, 0) is 0 Å². The van der Waals surface area contributed by atoms with Gasteiger partial charge in [0, 0.05) is 35.8 Å². The summed E-state index contributed by atoms with van der Waals surface area (Å²) in [6.45, 7) is 5.58. The minimum atomic E-state index is 0.651. The molecular weight excluding hydrogens is 264 g/mol. The number of hydrogen-bond donors (Lipinski definition) is 1. The number of halogens is 1. The minimum absolute atomic E-state index is 0.651. The quantitative estimate of drug-likeness (QED) is 0.917. The minimum Gasteiger partial charge on any atom is -0.369 e. The lowest BCUT2D eigenvalue weighted by molar-refractivity contribution is 0.431. The summed E-state index contributed by atoms with van der Waals surface area (Å²) < 4.78 is 1.16. The molecule has 1 heterocycles. The van der Waals surface area contributed by atoms with E-state index in [4.69, 9.17) is 0 Å². The number of hydrogen-bond acceptors (Lipinski definition) is 2. The van der Waals surface area contributed by atoms with Crippen molar-refractivity contribution in [3.05, 3.63) is 28.7 Å². The molecule has 1 unspecified atom stereocenters. The monoisotopic (exact) mass is 282 g/mol. The highest BCUT2D eigenvalue weighted by Gasteiger charge is 2.18. The van der Waals surface area contributed by atoms with E-state index in [9.17, 15) is 0 Å². The standard InChI is InChI=1S/C13H19BrN2/c1-2-4-12-10-16(8-7-15-12)13-6-3-5-11(14)9-13/h3,5-6,9,12,15H,2,4,7-8,10H2,1H3. The molecule has 1 aliphatic rings. The Morgan fingerprint density at radius 2 is 2.38 bits per heavy atom. The van der Waals surface area contributed by atoms with Crippen LogP contribution in [0.2, 0.25) is 0 Å². The molecular formula is C13H19BrN2. The van der Waals surface area contributed by atoms with Gasteiger partial charge in [-0.05, 0) is 24.6 Å². The Balaban J connectivity index is 2.03. The van der Waals surface area contributed by atoms with E-state index in [1.165, 1.54) is 18.5 Å². The van der Waals surface area contributed by atoms with E-state index in [0.717, 1.165) is 24.1 Å². The molecule has 0 radical (unpaired) electrons. The van der Waals surface area contributed by atoms with Gasteiger partial charge >= 0.3 is 0 Å². The molecule has 3 heteroatoms. The molecule has 1 aromatic rings. The predicted molar refractivity (Wildman–Crippen MR) is 73.1 cm³/mol. The Hall–Kier alpha value is -0.540. The highest BCUT2D eigenvalue weighted by Crippen LogP contribution is 2.21. The number of rotatable bonds is 3. The lowest BCUT2D eigenvalue weighted by Crippen LogP contribution is -2.50. The van der Waals surface area contributed by atoms with E-state index in [1.54, 1.807) is 0 Å². The maximum absolute atomic E-state index is 3.58. The third kappa shape index (κ3) is 2.98. The van der Waals surface area contributed by atoms with Crippen molar-refractivity contribution >= 4 is 21.6 Å². The third-order valence-corrected chi connectivity index (χ3v) is 3.56. The third-order valence-electron chi connectivity index (χ3n) is 3.07. The number of nitrogens with zero attached hydrogens (tertiary/aromatic N) is 1. The Labute approximate surface area is 106 Å². The molecule has 2 nitrogen and oxygen atoms in total. The summed E-state index contributed by atoms with van der Waals surface area (Å²) in [5, 5.41) is 3.58. The van der Waals surface area contributed by atoms with Crippen molar-refractivity contribution < 1.29 is 0 Å². The van der Waals surface area contributed by atoms with Crippen molar-refractivity contribution in [2.75, 3.05) is 24.5 Å². The SMILES string of the molecule is CCCC1CN(c2cccc(Br)c2)CCN1. The molecule has 0 aliphatic carbocycles. The average Bonchev–Trinajstić information content (AvgIpc) is 2.30. The van der Waals surface area contributed by atoms with E-state index in [2.05, 4.69) is 57.3 Å².